The summed E-state index contributed by atoms with van der Waals surface area (Å²) < 4.78 is 6.27. The predicted molar refractivity (Wildman–Crippen MR) is 96.2 cm³/mol. The van der Waals surface area contributed by atoms with Crippen molar-refractivity contribution in [3.63, 3.8) is 0 Å². The molecule has 1 N–H and O–H groups in total. The van der Waals surface area contributed by atoms with E-state index in [4.69, 9.17) is 4.74 Å². The number of aryl methyl sites for hydroxylation is 1. The molecule has 1 atom stereocenters. The third kappa shape index (κ3) is 3.92. The van der Waals surface area contributed by atoms with Crippen molar-refractivity contribution in [1.82, 2.24) is 4.98 Å². The standard InChI is InChI=1S/C17H15N3O4S/c1-10-4-3-5-13(8-10)24-11(2)16(21)19-17-18-14-7-6-12(20(22)23)9-15(14)25-17/h3-9,11H,1-2H3,(H,18,19,21)/t11-/m0/s1. The quantitative estimate of drug-likeness (QED) is 0.552. The molecule has 25 heavy (non-hydrogen) atoms. The molecule has 0 saturated carbocycles. The molecule has 1 amide bonds. The van der Waals surface area contributed by atoms with E-state index in [0.29, 0.717) is 21.1 Å². The minimum Gasteiger partial charge on any atom is -0.481 e. The molecule has 1 aromatic heterocycles. The zero-order valence-corrected chi connectivity index (χ0v) is 14.4. The number of benzene rings is 2. The number of thiazole rings is 1. The third-order valence-electron chi connectivity index (χ3n) is 3.48. The van der Waals surface area contributed by atoms with Crippen LogP contribution in [0.15, 0.2) is 42.5 Å². The zero-order valence-electron chi connectivity index (χ0n) is 13.6. The molecule has 2 aromatic carbocycles. The maximum absolute atomic E-state index is 12.3. The first-order chi connectivity index (χ1) is 11.9. The first kappa shape index (κ1) is 16.8. The molecule has 1 heterocycles. The van der Waals surface area contributed by atoms with Crippen LogP contribution in [-0.4, -0.2) is 21.9 Å². The average molecular weight is 357 g/mol. The molecule has 0 radical (unpaired) electrons. The van der Waals surface area contributed by atoms with Gasteiger partial charge < -0.3 is 4.74 Å². The highest BCUT2D eigenvalue weighted by atomic mass is 32.1. The minimum absolute atomic E-state index is 0.00910. The van der Waals surface area contributed by atoms with Crippen LogP contribution >= 0.6 is 11.3 Å². The summed E-state index contributed by atoms with van der Waals surface area (Å²) in [7, 11) is 0. The normalized spacial score (nSPS) is 11.9. The lowest BCUT2D eigenvalue weighted by Gasteiger charge is -2.13. The maximum atomic E-state index is 12.3. The van der Waals surface area contributed by atoms with Gasteiger partial charge in [0.1, 0.15) is 5.75 Å². The molecule has 0 spiro atoms. The van der Waals surface area contributed by atoms with Crippen LogP contribution in [0, 0.1) is 17.0 Å². The van der Waals surface area contributed by atoms with E-state index in [0.717, 1.165) is 5.56 Å². The highest BCUT2D eigenvalue weighted by molar-refractivity contribution is 7.22. The molecule has 3 aromatic rings. The number of anilines is 1. The van der Waals surface area contributed by atoms with E-state index in [1.807, 2.05) is 25.1 Å². The van der Waals surface area contributed by atoms with Crippen LogP contribution in [0.4, 0.5) is 10.8 Å². The van der Waals surface area contributed by atoms with Gasteiger partial charge in [-0.2, -0.15) is 0 Å². The number of ether oxygens (including phenoxy) is 1. The van der Waals surface area contributed by atoms with Crippen molar-refractivity contribution >= 4 is 38.3 Å². The molecule has 0 fully saturated rings. The summed E-state index contributed by atoms with van der Waals surface area (Å²) in [5.41, 5.74) is 1.63. The topological polar surface area (TPSA) is 94.4 Å². The molecule has 0 aliphatic carbocycles. The zero-order chi connectivity index (χ0) is 18.0. The lowest BCUT2D eigenvalue weighted by molar-refractivity contribution is -0.384. The number of fused-ring (bicyclic) bond motifs is 1. The van der Waals surface area contributed by atoms with Gasteiger partial charge in [0, 0.05) is 12.1 Å². The minimum atomic E-state index is -0.705. The lowest BCUT2D eigenvalue weighted by atomic mass is 10.2. The van der Waals surface area contributed by atoms with Crippen LogP contribution in [0.5, 0.6) is 5.75 Å². The van der Waals surface area contributed by atoms with Crippen molar-refractivity contribution in [2.24, 2.45) is 0 Å². The molecular formula is C17H15N3O4S. The number of rotatable bonds is 5. The second-order valence-corrected chi connectivity index (χ2v) is 6.52. The molecular weight excluding hydrogens is 342 g/mol. The molecule has 0 bridgehead atoms. The third-order valence-corrected chi connectivity index (χ3v) is 4.42. The Balaban J connectivity index is 1.71. The number of hydrogen-bond donors (Lipinski definition) is 1. The van der Waals surface area contributed by atoms with Crippen molar-refractivity contribution in [1.29, 1.82) is 0 Å². The number of nitro benzene ring substituents is 1. The van der Waals surface area contributed by atoms with Gasteiger partial charge in [0.2, 0.25) is 0 Å². The van der Waals surface area contributed by atoms with Crippen LogP contribution < -0.4 is 10.1 Å². The van der Waals surface area contributed by atoms with Crippen molar-refractivity contribution in [3.05, 3.63) is 58.1 Å². The van der Waals surface area contributed by atoms with Gasteiger partial charge in [0.15, 0.2) is 11.2 Å². The van der Waals surface area contributed by atoms with Crippen LogP contribution in [-0.2, 0) is 4.79 Å². The summed E-state index contributed by atoms with van der Waals surface area (Å²) in [4.78, 5) is 26.9. The molecule has 0 aliphatic rings. The highest BCUT2D eigenvalue weighted by Gasteiger charge is 2.17. The van der Waals surface area contributed by atoms with Crippen molar-refractivity contribution in [2.75, 3.05) is 5.32 Å². The average Bonchev–Trinajstić information content (AvgIpc) is 2.95. The fourth-order valence-electron chi connectivity index (χ4n) is 2.23. The molecule has 8 heteroatoms. The SMILES string of the molecule is Cc1cccc(O[C@@H](C)C(=O)Nc2nc3ccc([N+](=O)[O-])cc3s2)c1. The van der Waals surface area contributed by atoms with Crippen molar-refractivity contribution in [3.8, 4) is 5.75 Å². The van der Waals surface area contributed by atoms with Gasteiger partial charge in [-0.05, 0) is 37.6 Å². The molecule has 3 rings (SSSR count). The van der Waals surface area contributed by atoms with E-state index in [-0.39, 0.29) is 11.6 Å². The van der Waals surface area contributed by atoms with Gasteiger partial charge in [-0.1, -0.05) is 23.5 Å². The second-order valence-electron chi connectivity index (χ2n) is 5.49. The fourth-order valence-corrected chi connectivity index (χ4v) is 3.14. The van der Waals surface area contributed by atoms with Crippen LogP contribution in [0.25, 0.3) is 10.2 Å². The first-order valence-electron chi connectivity index (χ1n) is 7.51. The van der Waals surface area contributed by atoms with E-state index in [9.17, 15) is 14.9 Å². The van der Waals surface area contributed by atoms with Crippen molar-refractivity contribution < 1.29 is 14.5 Å². The second kappa shape index (κ2) is 6.86. The summed E-state index contributed by atoms with van der Waals surface area (Å²) in [5.74, 6) is 0.276. The Morgan fingerprint density at radius 3 is 2.84 bits per heavy atom. The summed E-state index contributed by atoms with van der Waals surface area (Å²) in [6.07, 6.45) is -0.705. The smallest absolute Gasteiger partial charge is 0.270 e. The Hall–Kier alpha value is -3.00. The summed E-state index contributed by atoms with van der Waals surface area (Å²) in [5, 5.41) is 13.9. The number of carbonyl (C=O) groups excluding carboxylic acids is 1. The van der Waals surface area contributed by atoms with Gasteiger partial charge in [-0.15, -0.1) is 0 Å². The van der Waals surface area contributed by atoms with E-state index in [1.165, 1.54) is 23.5 Å². The fraction of sp³-hybridized carbons (Fsp3) is 0.176. The molecule has 0 saturated heterocycles. The number of nitro groups is 1. The molecule has 7 nitrogen and oxygen atoms in total. The Kier molecular flexibility index (Phi) is 4.62. The van der Waals surface area contributed by atoms with Gasteiger partial charge >= 0.3 is 0 Å². The van der Waals surface area contributed by atoms with Crippen LogP contribution in [0.1, 0.15) is 12.5 Å². The van der Waals surface area contributed by atoms with E-state index < -0.39 is 11.0 Å². The highest BCUT2D eigenvalue weighted by Crippen LogP contribution is 2.29. The summed E-state index contributed by atoms with van der Waals surface area (Å²) >= 11 is 1.18. The molecule has 0 unspecified atom stereocenters. The number of non-ortho nitro benzene ring substituents is 1. The lowest BCUT2D eigenvalue weighted by Crippen LogP contribution is -2.30. The number of aromatic nitrogens is 1. The van der Waals surface area contributed by atoms with Gasteiger partial charge in [0.05, 0.1) is 15.1 Å². The summed E-state index contributed by atoms with van der Waals surface area (Å²) in [6.45, 7) is 3.59. The maximum Gasteiger partial charge on any atom is 0.270 e. The Bertz CT molecular complexity index is 954. The van der Waals surface area contributed by atoms with Crippen LogP contribution in [0.3, 0.4) is 0 Å². The van der Waals surface area contributed by atoms with Gasteiger partial charge in [-0.25, -0.2) is 4.98 Å². The summed E-state index contributed by atoms with van der Waals surface area (Å²) in [6, 6.07) is 11.8. The Labute approximate surface area is 147 Å². The van der Waals surface area contributed by atoms with Crippen LogP contribution in [0.2, 0.25) is 0 Å². The number of nitrogens with one attached hydrogen (secondary N) is 1. The molecule has 0 aliphatic heterocycles. The monoisotopic (exact) mass is 357 g/mol. The van der Waals surface area contributed by atoms with Gasteiger partial charge in [0.25, 0.3) is 11.6 Å². The van der Waals surface area contributed by atoms with E-state index in [2.05, 4.69) is 10.3 Å². The molecule has 128 valence electrons. The number of amides is 1. The first-order valence-corrected chi connectivity index (χ1v) is 8.33. The Morgan fingerprint density at radius 2 is 2.12 bits per heavy atom. The van der Waals surface area contributed by atoms with Crippen molar-refractivity contribution in [2.45, 2.75) is 20.0 Å². The van der Waals surface area contributed by atoms with Gasteiger partial charge in [-0.3, -0.25) is 20.2 Å². The number of carbonyl (C=O) groups is 1. The largest absolute Gasteiger partial charge is 0.481 e. The Morgan fingerprint density at radius 1 is 1.32 bits per heavy atom. The van der Waals surface area contributed by atoms with E-state index >= 15 is 0 Å². The number of hydrogen-bond acceptors (Lipinski definition) is 6. The number of nitrogens with zero attached hydrogens (tertiary/aromatic N) is 2. The predicted octanol–water partition coefficient (Wildman–Crippen LogP) is 3.92. The van der Waals surface area contributed by atoms with E-state index in [1.54, 1.807) is 19.1 Å².